The van der Waals surface area contributed by atoms with E-state index in [0.29, 0.717) is 47.7 Å². The molecule has 5 heterocycles. The summed E-state index contributed by atoms with van der Waals surface area (Å²) < 4.78 is 11.3. The maximum Gasteiger partial charge on any atom is 0.250 e. The van der Waals surface area contributed by atoms with E-state index in [1.807, 2.05) is 13.0 Å². The number of halogens is 1. The molecular formula is C25H22ClN3O5. The van der Waals surface area contributed by atoms with Crippen LogP contribution in [0.25, 0.3) is 0 Å². The SMILES string of the molecule is Cc1c(Cl)ccc2c1NC(=O)[C@@]21[C@@H]2C(=O)N(c3ccc4c(c3)OCCO4)C(=O)[C@H]2[C@H]2CCCN21. The van der Waals surface area contributed by atoms with Crippen LogP contribution in [-0.2, 0) is 19.9 Å². The van der Waals surface area contributed by atoms with Gasteiger partial charge in [0.05, 0.1) is 23.2 Å². The number of imide groups is 1. The number of benzene rings is 2. The van der Waals surface area contributed by atoms with Gasteiger partial charge in [0, 0.05) is 22.7 Å². The Balaban J connectivity index is 1.39. The second-order valence-electron chi connectivity index (χ2n) is 9.56. The van der Waals surface area contributed by atoms with Gasteiger partial charge in [-0.25, -0.2) is 4.90 Å². The zero-order valence-corrected chi connectivity index (χ0v) is 19.2. The van der Waals surface area contributed by atoms with E-state index in [0.717, 1.165) is 24.0 Å². The largest absolute Gasteiger partial charge is 0.486 e. The summed E-state index contributed by atoms with van der Waals surface area (Å²) in [5.74, 6) is -1.16. The van der Waals surface area contributed by atoms with Gasteiger partial charge in [0.15, 0.2) is 11.5 Å². The summed E-state index contributed by atoms with van der Waals surface area (Å²) in [5.41, 5.74) is 1.39. The molecule has 2 aromatic rings. The van der Waals surface area contributed by atoms with E-state index in [-0.39, 0.29) is 23.8 Å². The van der Waals surface area contributed by atoms with Crippen LogP contribution in [0.2, 0.25) is 5.02 Å². The van der Waals surface area contributed by atoms with Crippen molar-refractivity contribution in [3.63, 3.8) is 0 Å². The molecule has 0 saturated carbocycles. The van der Waals surface area contributed by atoms with Gasteiger partial charge in [-0.15, -0.1) is 0 Å². The number of hydrogen-bond donors (Lipinski definition) is 1. The number of ether oxygens (including phenoxy) is 2. The molecule has 0 bridgehead atoms. The van der Waals surface area contributed by atoms with Crippen LogP contribution in [0.5, 0.6) is 11.5 Å². The van der Waals surface area contributed by atoms with Crippen LogP contribution in [0, 0.1) is 18.8 Å². The molecule has 4 atom stereocenters. The molecule has 0 aliphatic carbocycles. The first-order chi connectivity index (χ1) is 16.4. The predicted molar refractivity (Wildman–Crippen MR) is 123 cm³/mol. The average Bonchev–Trinajstić information content (AvgIpc) is 3.55. The lowest BCUT2D eigenvalue weighted by molar-refractivity contribution is -0.135. The van der Waals surface area contributed by atoms with Crippen molar-refractivity contribution in [2.75, 3.05) is 30.0 Å². The monoisotopic (exact) mass is 479 g/mol. The number of amides is 3. The molecule has 9 heteroatoms. The molecule has 0 aromatic heterocycles. The van der Waals surface area contributed by atoms with Gasteiger partial charge in [0.2, 0.25) is 17.7 Å². The predicted octanol–water partition coefficient (Wildman–Crippen LogP) is 2.85. The van der Waals surface area contributed by atoms with Crippen molar-refractivity contribution in [1.82, 2.24) is 4.90 Å². The number of nitrogens with one attached hydrogen (secondary N) is 1. The van der Waals surface area contributed by atoms with Crippen LogP contribution in [-0.4, -0.2) is 48.4 Å². The van der Waals surface area contributed by atoms with Gasteiger partial charge in [0.25, 0.3) is 0 Å². The Hall–Kier alpha value is -3.10. The van der Waals surface area contributed by atoms with Gasteiger partial charge in [-0.2, -0.15) is 0 Å². The van der Waals surface area contributed by atoms with Crippen molar-refractivity contribution < 1.29 is 23.9 Å². The first-order valence-electron chi connectivity index (χ1n) is 11.6. The molecule has 174 valence electrons. The summed E-state index contributed by atoms with van der Waals surface area (Å²) in [6.45, 7) is 3.38. The second-order valence-corrected chi connectivity index (χ2v) is 9.97. The van der Waals surface area contributed by atoms with Crippen LogP contribution < -0.4 is 19.7 Å². The van der Waals surface area contributed by atoms with E-state index in [2.05, 4.69) is 10.2 Å². The summed E-state index contributed by atoms with van der Waals surface area (Å²) in [4.78, 5) is 45.0. The van der Waals surface area contributed by atoms with Crippen molar-refractivity contribution in [2.24, 2.45) is 11.8 Å². The smallest absolute Gasteiger partial charge is 0.250 e. The summed E-state index contributed by atoms with van der Waals surface area (Å²) in [6, 6.07) is 8.55. The van der Waals surface area contributed by atoms with E-state index in [9.17, 15) is 14.4 Å². The van der Waals surface area contributed by atoms with Crippen molar-refractivity contribution in [2.45, 2.75) is 31.3 Å². The number of fused-ring (bicyclic) bond motifs is 8. The minimum atomic E-state index is -1.22. The van der Waals surface area contributed by atoms with Crippen LogP contribution in [0.4, 0.5) is 11.4 Å². The van der Waals surface area contributed by atoms with Crippen LogP contribution in [0.1, 0.15) is 24.0 Å². The van der Waals surface area contributed by atoms with Gasteiger partial charge in [-0.1, -0.05) is 17.7 Å². The van der Waals surface area contributed by atoms with Gasteiger partial charge in [-0.3, -0.25) is 19.3 Å². The molecule has 5 aliphatic rings. The minimum Gasteiger partial charge on any atom is -0.486 e. The third-order valence-electron chi connectivity index (χ3n) is 8.15. The molecule has 1 N–H and O–H groups in total. The van der Waals surface area contributed by atoms with Gasteiger partial charge >= 0.3 is 0 Å². The van der Waals surface area contributed by atoms with Crippen molar-refractivity contribution in [3.05, 3.63) is 46.5 Å². The molecule has 0 radical (unpaired) electrons. The zero-order chi connectivity index (χ0) is 23.4. The van der Waals surface area contributed by atoms with Crippen LogP contribution in [0.3, 0.4) is 0 Å². The van der Waals surface area contributed by atoms with E-state index in [4.69, 9.17) is 21.1 Å². The summed E-state index contributed by atoms with van der Waals surface area (Å²) in [7, 11) is 0. The first kappa shape index (κ1) is 20.3. The summed E-state index contributed by atoms with van der Waals surface area (Å²) in [5, 5.41) is 3.56. The van der Waals surface area contributed by atoms with E-state index in [1.54, 1.807) is 24.3 Å². The fourth-order valence-corrected chi connectivity index (χ4v) is 6.97. The van der Waals surface area contributed by atoms with Gasteiger partial charge in [0.1, 0.15) is 18.8 Å². The Labute approximate surface area is 200 Å². The number of nitrogens with zero attached hydrogens (tertiary/aromatic N) is 2. The molecule has 1 spiro atoms. The Bertz CT molecular complexity index is 1310. The quantitative estimate of drug-likeness (QED) is 0.633. The highest BCUT2D eigenvalue weighted by atomic mass is 35.5. The molecule has 5 aliphatic heterocycles. The first-order valence-corrected chi connectivity index (χ1v) is 12.0. The highest BCUT2D eigenvalue weighted by Gasteiger charge is 2.74. The zero-order valence-electron chi connectivity index (χ0n) is 18.5. The number of carbonyl (C=O) groups excluding carboxylic acids is 3. The minimum absolute atomic E-state index is 0.170. The lowest BCUT2D eigenvalue weighted by Gasteiger charge is -2.36. The molecule has 0 unspecified atom stereocenters. The van der Waals surface area contributed by atoms with Gasteiger partial charge in [-0.05, 0) is 50.1 Å². The molecule has 3 amide bonds. The fourth-order valence-electron chi connectivity index (χ4n) is 6.82. The lowest BCUT2D eigenvalue weighted by atomic mass is 9.75. The highest BCUT2D eigenvalue weighted by Crippen LogP contribution is 2.61. The number of carbonyl (C=O) groups is 3. The van der Waals surface area contributed by atoms with Crippen molar-refractivity contribution in [3.8, 4) is 11.5 Å². The number of hydrogen-bond acceptors (Lipinski definition) is 6. The summed E-state index contributed by atoms with van der Waals surface area (Å²) in [6.07, 6.45) is 1.64. The topological polar surface area (TPSA) is 88.2 Å². The van der Waals surface area contributed by atoms with Crippen molar-refractivity contribution >= 4 is 40.7 Å². The lowest BCUT2D eigenvalue weighted by Crippen LogP contribution is -2.54. The Kier molecular flexibility index (Phi) is 4.02. The molecular weight excluding hydrogens is 458 g/mol. The van der Waals surface area contributed by atoms with E-state index in [1.165, 1.54) is 4.90 Å². The average molecular weight is 480 g/mol. The number of anilines is 2. The van der Waals surface area contributed by atoms with Gasteiger partial charge < -0.3 is 14.8 Å². The second kappa shape index (κ2) is 6.73. The molecule has 34 heavy (non-hydrogen) atoms. The highest BCUT2D eigenvalue weighted by molar-refractivity contribution is 6.32. The Morgan fingerprint density at radius 3 is 2.68 bits per heavy atom. The summed E-state index contributed by atoms with van der Waals surface area (Å²) >= 11 is 6.35. The normalized spacial score (nSPS) is 31.2. The molecule has 3 fully saturated rings. The third-order valence-corrected chi connectivity index (χ3v) is 8.56. The van der Waals surface area contributed by atoms with E-state index >= 15 is 0 Å². The Morgan fingerprint density at radius 1 is 1.06 bits per heavy atom. The fraction of sp³-hybridized carbons (Fsp3) is 0.400. The standard InChI is InChI=1S/C25H22ClN3O5/c1-12-15(26)6-5-14-21(12)27-24(32)25(14)20-19(16-3-2-8-28(16)25)22(30)29(23(20)31)13-4-7-17-18(11-13)34-10-9-33-17/h4-7,11,16,19-20H,2-3,8-10H2,1H3,(H,27,32)/t16-,19+,20+,25+/m1/s1. The molecule has 2 aromatic carbocycles. The number of rotatable bonds is 1. The third kappa shape index (κ3) is 2.25. The van der Waals surface area contributed by atoms with Crippen molar-refractivity contribution in [1.29, 1.82) is 0 Å². The maximum atomic E-state index is 14.1. The van der Waals surface area contributed by atoms with Crippen LogP contribution >= 0.6 is 11.6 Å². The molecule has 8 nitrogen and oxygen atoms in total. The molecule has 7 rings (SSSR count). The Morgan fingerprint density at radius 2 is 1.85 bits per heavy atom. The maximum absolute atomic E-state index is 14.1. The van der Waals surface area contributed by atoms with E-state index < -0.39 is 17.4 Å². The van der Waals surface area contributed by atoms with Crippen LogP contribution in [0.15, 0.2) is 30.3 Å². The molecule has 3 saturated heterocycles.